The highest BCUT2D eigenvalue weighted by atomic mass is 16.5. The number of rotatable bonds is 2. The molecule has 1 aliphatic rings. The Morgan fingerprint density at radius 3 is 2.69 bits per heavy atom. The number of esters is 1. The fourth-order valence-corrected chi connectivity index (χ4v) is 1.96. The first kappa shape index (κ1) is 10.9. The van der Waals surface area contributed by atoms with Crippen molar-refractivity contribution in [3.8, 4) is 0 Å². The average molecular weight is 217 g/mol. The van der Waals surface area contributed by atoms with E-state index in [0.717, 1.165) is 11.3 Å². The van der Waals surface area contributed by atoms with Crippen molar-refractivity contribution in [3.05, 3.63) is 35.9 Å². The molecule has 1 aromatic rings. The molecule has 0 bridgehead atoms. The van der Waals surface area contributed by atoms with Crippen LogP contribution in [0.4, 0.5) is 0 Å². The minimum absolute atomic E-state index is 0.179. The molecule has 1 heterocycles. The summed E-state index contributed by atoms with van der Waals surface area (Å²) >= 11 is 0. The Labute approximate surface area is 95.2 Å². The summed E-state index contributed by atoms with van der Waals surface area (Å²) in [6.07, 6.45) is 0.656. The van der Waals surface area contributed by atoms with E-state index in [-0.39, 0.29) is 5.97 Å². The van der Waals surface area contributed by atoms with E-state index in [1.165, 1.54) is 7.11 Å². The third-order valence-electron chi connectivity index (χ3n) is 2.96. The van der Waals surface area contributed by atoms with Crippen LogP contribution in [0.25, 0.3) is 0 Å². The molecule has 0 saturated heterocycles. The standard InChI is InChI=1S/C13H15NO2/c1-13(12(15)16-2)8-11(14-9-13)10-6-4-3-5-7-10/h3-7H,8-9H2,1-2H3/t13-/m0/s1. The van der Waals surface area contributed by atoms with E-state index >= 15 is 0 Å². The normalized spacial score (nSPS) is 24.0. The Hall–Kier alpha value is -1.64. The second-order valence-corrected chi connectivity index (χ2v) is 4.36. The smallest absolute Gasteiger partial charge is 0.313 e. The molecular formula is C13H15NO2. The maximum Gasteiger partial charge on any atom is 0.313 e. The van der Waals surface area contributed by atoms with Gasteiger partial charge in [0.05, 0.1) is 19.1 Å². The minimum atomic E-state index is -0.486. The average Bonchev–Trinajstić information content (AvgIpc) is 2.73. The molecule has 0 N–H and O–H groups in total. The molecule has 0 amide bonds. The predicted octanol–water partition coefficient (Wildman–Crippen LogP) is 2.06. The van der Waals surface area contributed by atoms with Gasteiger partial charge >= 0.3 is 5.97 Å². The number of aliphatic imine (C=N–C) groups is 1. The van der Waals surface area contributed by atoms with Crippen LogP contribution in [-0.2, 0) is 9.53 Å². The van der Waals surface area contributed by atoms with E-state index in [0.29, 0.717) is 13.0 Å². The van der Waals surface area contributed by atoms with E-state index in [1.54, 1.807) is 0 Å². The summed E-state index contributed by atoms with van der Waals surface area (Å²) in [5.74, 6) is -0.179. The molecule has 84 valence electrons. The first-order valence-electron chi connectivity index (χ1n) is 5.33. The van der Waals surface area contributed by atoms with Gasteiger partial charge in [0, 0.05) is 12.1 Å². The maximum atomic E-state index is 11.6. The van der Waals surface area contributed by atoms with Crippen LogP contribution in [0.15, 0.2) is 35.3 Å². The van der Waals surface area contributed by atoms with Crippen LogP contribution < -0.4 is 0 Å². The number of hydrogen-bond donors (Lipinski definition) is 0. The number of ether oxygens (including phenoxy) is 1. The zero-order valence-electron chi connectivity index (χ0n) is 9.56. The van der Waals surface area contributed by atoms with Crippen LogP contribution in [0.1, 0.15) is 18.9 Å². The largest absolute Gasteiger partial charge is 0.469 e. The van der Waals surface area contributed by atoms with Gasteiger partial charge in [-0.15, -0.1) is 0 Å². The highest BCUT2D eigenvalue weighted by Crippen LogP contribution is 2.31. The van der Waals surface area contributed by atoms with Gasteiger partial charge in [-0.2, -0.15) is 0 Å². The summed E-state index contributed by atoms with van der Waals surface area (Å²) in [6, 6.07) is 9.96. The van der Waals surface area contributed by atoms with Gasteiger partial charge in [-0.1, -0.05) is 30.3 Å². The van der Waals surface area contributed by atoms with E-state index in [1.807, 2.05) is 37.3 Å². The quantitative estimate of drug-likeness (QED) is 0.711. The number of hydrogen-bond acceptors (Lipinski definition) is 3. The molecular weight excluding hydrogens is 202 g/mol. The molecule has 0 aliphatic carbocycles. The lowest BCUT2D eigenvalue weighted by Gasteiger charge is -2.18. The van der Waals surface area contributed by atoms with E-state index in [4.69, 9.17) is 4.74 Å². The third-order valence-corrected chi connectivity index (χ3v) is 2.96. The Balaban J connectivity index is 2.17. The number of carbonyl (C=O) groups excluding carboxylic acids is 1. The molecule has 1 atom stereocenters. The lowest BCUT2D eigenvalue weighted by Crippen LogP contribution is -2.30. The first-order chi connectivity index (χ1) is 7.65. The molecule has 0 unspecified atom stereocenters. The maximum absolute atomic E-state index is 11.6. The van der Waals surface area contributed by atoms with Gasteiger partial charge in [-0.05, 0) is 12.5 Å². The van der Waals surface area contributed by atoms with Gasteiger partial charge in [0.15, 0.2) is 0 Å². The van der Waals surface area contributed by atoms with Crippen molar-refractivity contribution in [2.24, 2.45) is 10.4 Å². The molecule has 0 radical (unpaired) electrons. The molecule has 0 saturated carbocycles. The molecule has 0 spiro atoms. The van der Waals surface area contributed by atoms with Gasteiger partial charge in [0.25, 0.3) is 0 Å². The third kappa shape index (κ3) is 1.85. The van der Waals surface area contributed by atoms with Crippen molar-refractivity contribution >= 4 is 11.7 Å². The van der Waals surface area contributed by atoms with E-state index in [9.17, 15) is 4.79 Å². The Kier molecular flexibility index (Phi) is 2.77. The number of carbonyl (C=O) groups is 1. The molecule has 0 fully saturated rings. The molecule has 2 rings (SSSR count). The van der Waals surface area contributed by atoms with Crippen molar-refractivity contribution in [2.45, 2.75) is 13.3 Å². The predicted molar refractivity (Wildman–Crippen MR) is 62.6 cm³/mol. The van der Waals surface area contributed by atoms with Gasteiger partial charge < -0.3 is 4.74 Å². The van der Waals surface area contributed by atoms with Crippen molar-refractivity contribution in [2.75, 3.05) is 13.7 Å². The molecule has 3 heteroatoms. The van der Waals surface area contributed by atoms with Crippen LogP contribution >= 0.6 is 0 Å². The van der Waals surface area contributed by atoms with Gasteiger partial charge in [0.1, 0.15) is 0 Å². The second-order valence-electron chi connectivity index (χ2n) is 4.36. The second kappa shape index (κ2) is 4.08. The van der Waals surface area contributed by atoms with Crippen molar-refractivity contribution in [1.82, 2.24) is 0 Å². The van der Waals surface area contributed by atoms with Crippen LogP contribution in [0.2, 0.25) is 0 Å². The van der Waals surface area contributed by atoms with E-state index < -0.39 is 5.41 Å². The zero-order valence-corrected chi connectivity index (χ0v) is 9.56. The zero-order chi connectivity index (χ0) is 11.6. The molecule has 1 aromatic carbocycles. The number of methoxy groups -OCH3 is 1. The number of benzene rings is 1. The first-order valence-corrected chi connectivity index (χ1v) is 5.33. The molecule has 1 aliphatic heterocycles. The fraction of sp³-hybridized carbons (Fsp3) is 0.385. The fourth-order valence-electron chi connectivity index (χ4n) is 1.96. The lowest BCUT2D eigenvalue weighted by molar-refractivity contribution is -0.150. The summed E-state index contributed by atoms with van der Waals surface area (Å²) in [4.78, 5) is 16.1. The minimum Gasteiger partial charge on any atom is -0.469 e. The number of nitrogens with zero attached hydrogens (tertiary/aromatic N) is 1. The van der Waals surface area contributed by atoms with Gasteiger partial charge in [-0.25, -0.2) is 0 Å². The Morgan fingerprint density at radius 1 is 1.38 bits per heavy atom. The summed E-state index contributed by atoms with van der Waals surface area (Å²) in [6.45, 7) is 2.42. The summed E-state index contributed by atoms with van der Waals surface area (Å²) in [5.41, 5.74) is 1.60. The summed E-state index contributed by atoms with van der Waals surface area (Å²) in [5, 5.41) is 0. The van der Waals surface area contributed by atoms with Crippen molar-refractivity contribution in [1.29, 1.82) is 0 Å². The van der Waals surface area contributed by atoms with Gasteiger partial charge in [-0.3, -0.25) is 9.79 Å². The van der Waals surface area contributed by atoms with Gasteiger partial charge in [0.2, 0.25) is 0 Å². The van der Waals surface area contributed by atoms with Crippen molar-refractivity contribution < 1.29 is 9.53 Å². The van der Waals surface area contributed by atoms with Crippen molar-refractivity contribution in [3.63, 3.8) is 0 Å². The topological polar surface area (TPSA) is 38.7 Å². The van der Waals surface area contributed by atoms with Crippen LogP contribution in [0.3, 0.4) is 0 Å². The monoisotopic (exact) mass is 217 g/mol. The highest BCUT2D eigenvalue weighted by Gasteiger charge is 2.39. The molecule has 3 nitrogen and oxygen atoms in total. The van der Waals surface area contributed by atoms with E-state index in [2.05, 4.69) is 4.99 Å². The molecule has 16 heavy (non-hydrogen) atoms. The van der Waals surface area contributed by atoms with Crippen LogP contribution in [0, 0.1) is 5.41 Å². The summed E-state index contributed by atoms with van der Waals surface area (Å²) < 4.78 is 4.81. The highest BCUT2D eigenvalue weighted by molar-refractivity contribution is 6.04. The Morgan fingerprint density at radius 2 is 2.06 bits per heavy atom. The lowest BCUT2D eigenvalue weighted by atomic mass is 9.86. The van der Waals surface area contributed by atoms with Crippen LogP contribution in [0.5, 0.6) is 0 Å². The summed E-state index contributed by atoms with van der Waals surface area (Å²) in [7, 11) is 1.42. The molecule has 0 aromatic heterocycles. The van der Waals surface area contributed by atoms with Crippen LogP contribution in [-0.4, -0.2) is 25.3 Å². The Bertz CT molecular complexity index is 425. The SMILES string of the molecule is COC(=O)[C@]1(C)CN=C(c2ccccc2)C1.